The van der Waals surface area contributed by atoms with Crippen LogP contribution in [-0.4, -0.2) is 42.2 Å². The molecule has 0 radical (unpaired) electrons. The summed E-state index contributed by atoms with van der Waals surface area (Å²) in [6.45, 7) is 2.18. The highest BCUT2D eigenvalue weighted by atomic mass is 35.5. The predicted molar refractivity (Wildman–Crippen MR) is 80.9 cm³/mol. The van der Waals surface area contributed by atoms with Crippen LogP contribution < -0.4 is 5.32 Å². The molecule has 1 aliphatic rings. The van der Waals surface area contributed by atoms with E-state index in [1.165, 1.54) is 18.2 Å². The molecule has 0 aromatic heterocycles. The maximum atomic E-state index is 12.9. The summed E-state index contributed by atoms with van der Waals surface area (Å²) in [4.78, 5) is 14.1. The molecular weight excluding hydrogens is 295 g/mol. The zero-order chi connectivity index (χ0) is 15.2. The lowest BCUT2D eigenvalue weighted by atomic mass is 9.95. The molecule has 1 amide bonds. The van der Waals surface area contributed by atoms with E-state index in [-0.39, 0.29) is 24.1 Å². The fraction of sp³-hybridized carbons (Fsp3) is 0.533. The molecule has 1 aromatic carbocycles. The molecule has 1 saturated heterocycles. The first-order chi connectivity index (χ1) is 10.1. The van der Waals surface area contributed by atoms with Gasteiger partial charge in [0.2, 0.25) is 5.91 Å². The number of rotatable bonds is 5. The Balaban J connectivity index is 1.86. The fourth-order valence-electron chi connectivity index (χ4n) is 2.70. The lowest BCUT2D eigenvalue weighted by molar-refractivity contribution is -0.117. The van der Waals surface area contributed by atoms with E-state index in [1.807, 2.05) is 0 Å². The van der Waals surface area contributed by atoms with Crippen molar-refractivity contribution in [3.8, 4) is 0 Å². The number of piperidine rings is 1. The molecular formula is C15H20ClFN2O2. The van der Waals surface area contributed by atoms with Crippen LogP contribution in [0, 0.1) is 11.7 Å². The standard InChI is InChI=1S/C15H20ClFN2O2/c16-13-8-12(17)3-4-14(13)18-15(21)10-19-6-1-2-11(9-19)5-7-20/h3-4,8,11,20H,1-2,5-7,9-10H2,(H,18,21). The first kappa shape index (κ1) is 16.2. The number of benzene rings is 1. The summed E-state index contributed by atoms with van der Waals surface area (Å²) >= 11 is 5.88. The van der Waals surface area contributed by atoms with Crippen LogP contribution in [0.4, 0.5) is 10.1 Å². The molecule has 0 saturated carbocycles. The lowest BCUT2D eigenvalue weighted by Crippen LogP contribution is -2.40. The Hall–Kier alpha value is -1.17. The van der Waals surface area contributed by atoms with Crippen molar-refractivity contribution in [1.29, 1.82) is 0 Å². The zero-order valence-corrected chi connectivity index (χ0v) is 12.6. The number of nitrogens with one attached hydrogen (secondary N) is 1. The maximum Gasteiger partial charge on any atom is 0.238 e. The van der Waals surface area contributed by atoms with E-state index in [4.69, 9.17) is 16.7 Å². The Morgan fingerprint density at radius 2 is 2.33 bits per heavy atom. The summed E-state index contributed by atoms with van der Waals surface area (Å²) < 4.78 is 12.9. The highest BCUT2D eigenvalue weighted by molar-refractivity contribution is 6.33. The van der Waals surface area contributed by atoms with Gasteiger partial charge in [0.05, 0.1) is 17.3 Å². The number of aliphatic hydroxyl groups excluding tert-OH is 1. The summed E-state index contributed by atoms with van der Waals surface area (Å²) in [5.41, 5.74) is 0.423. The average molecular weight is 315 g/mol. The van der Waals surface area contributed by atoms with Crippen LogP contribution in [0.5, 0.6) is 0 Å². The molecule has 116 valence electrons. The maximum absolute atomic E-state index is 12.9. The molecule has 0 bridgehead atoms. The molecule has 1 fully saturated rings. The number of hydrogen-bond acceptors (Lipinski definition) is 3. The molecule has 2 N–H and O–H groups in total. The van der Waals surface area contributed by atoms with Crippen LogP contribution in [0.2, 0.25) is 5.02 Å². The Labute approximate surface area is 128 Å². The number of nitrogens with zero attached hydrogens (tertiary/aromatic N) is 1. The summed E-state index contributed by atoms with van der Waals surface area (Å²) in [5, 5.41) is 11.9. The van der Waals surface area contributed by atoms with Gasteiger partial charge < -0.3 is 10.4 Å². The van der Waals surface area contributed by atoms with E-state index in [0.29, 0.717) is 11.6 Å². The Bertz CT molecular complexity index is 497. The fourth-order valence-corrected chi connectivity index (χ4v) is 2.91. The third kappa shape index (κ3) is 4.95. The highest BCUT2D eigenvalue weighted by Crippen LogP contribution is 2.23. The quantitative estimate of drug-likeness (QED) is 0.878. The zero-order valence-electron chi connectivity index (χ0n) is 11.8. The summed E-state index contributed by atoms with van der Waals surface area (Å²) in [6, 6.07) is 3.90. The van der Waals surface area contributed by atoms with E-state index in [2.05, 4.69) is 10.2 Å². The summed E-state index contributed by atoms with van der Waals surface area (Å²) in [5.74, 6) is -0.139. The number of anilines is 1. The molecule has 4 nitrogen and oxygen atoms in total. The van der Waals surface area contributed by atoms with Gasteiger partial charge >= 0.3 is 0 Å². The van der Waals surface area contributed by atoms with Crippen molar-refractivity contribution in [3.63, 3.8) is 0 Å². The second kappa shape index (κ2) is 7.73. The monoisotopic (exact) mass is 314 g/mol. The van der Waals surface area contributed by atoms with Crippen molar-refractivity contribution in [3.05, 3.63) is 29.0 Å². The van der Waals surface area contributed by atoms with E-state index in [9.17, 15) is 9.18 Å². The number of hydrogen-bond donors (Lipinski definition) is 2. The van der Waals surface area contributed by atoms with Crippen molar-refractivity contribution < 1.29 is 14.3 Å². The van der Waals surface area contributed by atoms with Gasteiger partial charge in [0.15, 0.2) is 0 Å². The average Bonchev–Trinajstić information content (AvgIpc) is 2.43. The Kier molecular flexibility index (Phi) is 5.96. The van der Waals surface area contributed by atoms with Crippen molar-refractivity contribution in [2.75, 3.05) is 31.6 Å². The van der Waals surface area contributed by atoms with Gasteiger partial charge in [0, 0.05) is 13.2 Å². The molecule has 0 spiro atoms. The Morgan fingerprint density at radius 3 is 3.05 bits per heavy atom. The van der Waals surface area contributed by atoms with E-state index in [0.717, 1.165) is 32.4 Å². The normalized spacial score (nSPS) is 19.5. The first-order valence-corrected chi connectivity index (χ1v) is 7.54. The van der Waals surface area contributed by atoms with Crippen LogP contribution in [0.15, 0.2) is 18.2 Å². The number of carbonyl (C=O) groups excluding carboxylic acids is 1. The van der Waals surface area contributed by atoms with Gasteiger partial charge in [0.1, 0.15) is 5.82 Å². The molecule has 1 unspecified atom stereocenters. The topological polar surface area (TPSA) is 52.6 Å². The lowest BCUT2D eigenvalue weighted by Gasteiger charge is -2.31. The predicted octanol–water partition coefficient (Wildman–Crippen LogP) is 2.51. The van der Waals surface area contributed by atoms with E-state index in [1.54, 1.807) is 0 Å². The van der Waals surface area contributed by atoms with E-state index < -0.39 is 5.82 Å². The molecule has 0 aliphatic carbocycles. The molecule has 1 atom stereocenters. The molecule has 21 heavy (non-hydrogen) atoms. The summed E-state index contributed by atoms with van der Waals surface area (Å²) in [7, 11) is 0. The van der Waals surface area contributed by atoms with Crippen LogP contribution in [-0.2, 0) is 4.79 Å². The second-order valence-electron chi connectivity index (χ2n) is 5.43. The third-order valence-corrected chi connectivity index (χ3v) is 4.03. The minimum Gasteiger partial charge on any atom is -0.396 e. The van der Waals surface area contributed by atoms with Gasteiger partial charge in [-0.25, -0.2) is 4.39 Å². The molecule has 1 heterocycles. The first-order valence-electron chi connectivity index (χ1n) is 7.16. The minimum absolute atomic E-state index is 0.159. The van der Waals surface area contributed by atoms with Gasteiger partial charge in [-0.15, -0.1) is 0 Å². The van der Waals surface area contributed by atoms with E-state index >= 15 is 0 Å². The smallest absolute Gasteiger partial charge is 0.238 e. The minimum atomic E-state index is -0.430. The SMILES string of the molecule is O=C(CN1CCCC(CCO)C1)Nc1ccc(F)cc1Cl. The molecule has 1 aromatic rings. The number of amides is 1. The van der Waals surface area contributed by atoms with Gasteiger partial charge in [-0.05, 0) is 49.9 Å². The van der Waals surface area contributed by atoms with Gasteiger partial charge in [0.25, 0.3) is 0 Å². The number of likely N-dealkylation sites (tertiary alicyclic amines) is 1. The number of aliphatic hydroxyl groups is 1. The van der Waals surface area contributed by atoms with Crippen LogP contribution in [0.3, 0.4) is 0 Å². The highest BCUT2D eigenvalue weighted by Gasteiger charge is 2.21. The molecule has 6 heteroatoms. The van der Waals surface area contributed by atoms with Crippen molar-refractivity contribution in [1.82, 2.24) is 4.90 Å². The van der Waals surface area contributed by atoms with Crippen molar-refractivity contribution in [2.24, 2.45) is 5.92 Å². The third-order valence-electron chi connectivity index (χ3n) is 3.71. The van der Waals surface area contributed by atoms with Crippen molar-refractivity contribution in [2.45, 2.75) is 19.3 Å². The largest absolute Gasteiger partial charge is 0.396 e. The summed E-state index contributed by atoms with van der Waals surface area (Å²) in [6.07, 6.45) is 2.92. The van der Waals surface area contributed by atoms with Crippen LogP contribution >= 0.6 is 11.6 Å². The number of halogens is 2. The van der Waals surface area contributed by atoms with Gasteiger partial charge in [-0.2, -0.15) is 0 Å². The van der Waals surface area contributed by atoms with Gasteiger partial charge in [-0.1, -0.05) is 11.6 Å². The molecule has 2 rings (SSSR count). The van der Waals surface area contributed by atoms with Gasteiger partial charge in [-0.3, -0.25) is 9.69 Å². The Morgan fingerprint density at radius 1 is 1.52 bits per heavy atom. The van der Waals surface area contributed by atoms with Crippen LogP contribution in [0.1, 0.15) is 19.3 Å². The van der Waals surface area contributed by atoms with Crippen LogP contribution in [0.25, 0.3) is 0 Å². The second-order valence-corrected chi connectivity index (χ2v) is 5.84. The molecule has 1 aliphatic heterocycles. The number of carbonyl (C=O) groups is 1. The van der Waals surface area contributed by atoms with Crippen molar-refractivity contribution >= 4 is 23.2 Å².